The Morgan fingerprint density at radius 2 is 1.77 bits per heavy atom. The fourth-order valence-electron chi connectivity index (χ4n) is 3.12. The van der Waals surface area contributed by atoms with Gasteiger partial charge in [-0.3, -0.25) is 9.69 Å². The molecule has 0 bridgehead atoms. The zero-order chi connectivity index (χ0) is 26.0. The highest BCUT2D eigenvalue weighted by Crippen LogP contribution is 2.23. The van der Waals surface area contributed by atoms with Crippen LogP contribution in [0.1, 0.15) is 16.7 Å². The molecule has 35 heavy (non-hydrogen) atoms. The number of carboxylic acid groups (broad SMARTS) is 1. The lowest BCUT2D eigenvalue weighted by Gasteiger charge is -2.33. The van der Waals surface area contributed by atoms with Crippen LogP contribution in [0.4, 0.5) is 13.2 Å². The number of aliphatic carboxylic acids is 1. The van der Waals surface area contributed by atoms with Crippen LogP contribution in [0.15, 0.2) is 42.5 Å². The van der Waals surface area contributed by atoms with Crippen LogP contribution in [0, 0.1) is 11.3 Å². The van der Waals surface area contributed by atoms with E-state index in [2.05, 4.69) is 16.3 Å². The molecule has 2 aromatic rings. The fraction of sp³-hybridized carbons (Fsp3) is 0.348. The minimum atomic E-state index is -5.08. The molecule has 0 aliphatic carbocycles. The molecule has 1 atom stereocenters. The number of nitriles is 1. The number of carboxylic acids is 1. The molecule has 7 nitrogen and oxygen atoms in total. The van der Waals surface area contributed by atoms with Gasteiger partial charge in [0.2, 0.25) is 5.91 Å². The van der Waals surface area contributed by atoms with Crippen molar-refractivity contribution in [2.24, 2.45) is 0 Å². The number of benzene rings is 2. The average molecular weight is 532 g/mol. The van der Waals surface area contributed by atoms with E-state index in [4.69, 9.17) is 43.1 Å². The van der Waals surface area contributed by atoms with Gasteiger partial charge in [-0.25, -0.2) is 4.79 Å². The minimum Gasteiger partial charge on any atom is -0.475 e. The van der Waals surface area contributed by atoms with Gasteiger partial charge in [-0.05, 0) is 35.4 Å². The summed E-state index contributed by atoms with van der Waals surface area (Å²) in [5, 5.41) is 20.0. The Morgan fingerprint density at radius 1 is 1.14 bits per heavy atom. The predicted molar refractivity (Wildman–Crippen MR) is 123 cm³/mol. The third-order valence-electron chi connectivity index (χ3n) is 4.83. The zero-order valence-corrected chi connectivity index (χ0v) is 19.8. The molecule has 0 saturated carbocycles. The van der Waals surface area contributed by atoms with Gasteiger partial charge in [-0.1, -0.05) is 41.4 Å². The number of ether oxygens (including phenoxy) is 1. The molecule has 0 aromatic heterocycles. The summed E-state index contributed by atoms with van der Waals surface area (Å²) >= 11 is 12.1. The SMILES string of the molecule is N#Cc1ccc(CC(=O)NCC2CN(Cc3ccc(Cl)c(Cl)c3)CCO2)cc1.O=C(O)C(F)(F)F. The van der Waals surface area contributed by atoms with E-state index in [1.165, 1.54) is 0 Å². The summed E-state index contributed by atoms with van der Waals surface area (Å²) < 4.78 is 37.5. The molecule has 1 aliphatic rings. The quantitative estimate of drug-likeness (QED) is 0.582. The topological polar surface area (TPSA) is 103 Å². The Balaban J connectivity index is 0.000000540. The Labute approximate surface area is 210 Å². The molecule has 188 valence electrons. The highest BCUT2D eigenvalue weighted by molar-refractivity contribution is 6.42. The largest absolute Gasteiger partial charge is 0.490 e. The summed E-state index contributed by atoms with van der Waals surface area (Å²) in [5.74, 6) is -2.82. The van der Waals surface area contributed by atoms with Gasteiger partial charge in [0.15, 0.2) is 0 Å². The van der Waals surface area contributed by atoms with E-state index < -0.39 is 12.1 Å². The third-order valence-corrected chi connectivity index (χ3v) is 5.57. The molecular weight excluding hydrogens is 510 g/mol. The van der Waals surface area contributed by atoms with Crippen molar-refractivity contribution < 1.29 is 32.6 Å². The van der Waals surface area contributed by atoms with Crippen LogP contribution >= 0.6 is 23.2 Å². The van der Waals surface area contributed by atoms with Gasteiger partial charge >= 0.3 is 12.1 Å². The van der Waals surface area contributed by atoms with E-state index in [0.717, 1.165) is 30.8 Å². The number of nitrogens with one attached hydrogen (secondary N) is 1. The van der Waals surface area contributed by atoms with Crippen molar-refractivity contribution in [1.29, 1.82) is 5.26 Å². The normalized spacial score (nSPS) is 15.9. The first-order valence-electron chi connectivity index (χ1n) is 10.3. The molecule has 1 amide bonds. The lowest BCUT2D eigenvalue weighted by molar-refractivity contribution is -0.192. The third kappa shape index (κ3) is 10.1. The maximum atomic E-state index is 12.2. The second-order valence-electron chi connectivity index (χ2n) is 7.57. The maximum Gasteiger partial charge on any atom is 0.490 e. The van der Waals surface area contributed by atoms with Crippen molar-refractivity contribution in [3.8, 4) is 6.07 Å². The first-order valence-corrected chi connectivity index (χ1v) is 11.1. The molecule has 1 saturated heterocycles. The Kier molecular flexibility index (Phi) is 10.8. The molecule has 3 rings (SSSR count). The molecule has 1 aliphatic heterocycles. The van der Waals surface area contributed by atoms with E-state index in [9.17, 15) is 18.0 Å². The highest BCUT2D eigenvalue weighted by atomic mass is 35.5. The number of carbonyl (C=O) groups excluding carboxylic acids is 1. The predicted octanol–water partition coefficient (Wildman–Crippen LogP) is 4.06. The number of amides is 1. The summed E-state index contributed by atoms with van der Waals surface area (Å²) in [6, 6.07) is 14.8. The summed E-state index contributed by atoms with van der Waals surface area (Å²) in [5.41, 5.74) is 2.56. The second-order valence-corrected chi connectivity index (χ2v) is 8.38. The number of morpholine rings is 1. The number of rotatable bonds is 6. The van der Waals surface area contributed by atoms with Crippen molar-refractivity contribution >= 4 is 35.1 Å². The summed E-state index contributed by atoms with van der Waals surface area (Å²) in [6.07, 6.45) is -4.85. The van der Waals surface area contributed by atoms with Crippen LogP contribution in [-0.4, -0.2) is 60.4 Å². The van der Waals surface area contributed by atoms with Crippen molar-refractivity contribution in [3.05, 3.63) is 69.2 Å². The zero-order valence-electron chi connectivity index (χ0n) is 18.3. The van der Waals surface area contributed by atoms with Crippen LogP contribution in [0.3, 0.4) is 0 Å². The Hall–Kier alpha value is -2.84. The van der Waals surface area contributed by atoms with Crippen LogP contribution < -0.4 is 5.32 Å². The summed E-state index contributed by atoms with van der Waals surface area (Å²) in [7, 11) is 0. The van der Waals surface area contributed by atoms with Gasteiger partial charge in [-0.15, -0.1) is 0 Å². The van der Waals surface area contributed by atoms with Gasteiger partial charge in [0.1, 0.15) is 0 Å². The van der Waals surface area contributed by atoms with Gasteiger partial charge in [0, 0.05) is 26.2 Å². The van der Waals surface area contributed by atoms with Crippen LogP contribution in [0.5, 0.6) is 0 Å². The smallest absolute Gasteiger partial charge is 0.475 e. The van der Waals surface area contributed by atoms with E-state index >= 15 is 0 Å². The standard InChI is InChI=1S/C21H21Cl2N3O2.C2HF3O2/c22-19-6-5-17(9-20(19)23)13-26-7-8-28-18(14-26)12-25-21(27)10-15-1-3-16(11-24)4-2-15;3-2(4,5)1(6)7/h1-6,9,18H,7-8,10,12-14H2,(H,25,27);(H,6,7). The van der Waals surface area contributed by atoms with Gasteiger partial charge in [0.25, 0.3) is 0 Å². The summed E-state index contributed by atoms with van der Waals surface area (Å²) in [6.45, 7) is 3.41. The highest BCUT2D eigenvalue weighted by Gasteiger charge is 2.38. The first-order chi connectivity index (χ1) is 16.5. The molecular formula is C23H22Cl2F3N3O4. The number of hydrogen-bond acceptors (Lipinski definition) is 5. The molecule has 2 aromatic carbocycles. The number of nitrogens with zero attached hydrogens (tertiary/aromatic N) is 2. The van der Waals surface area contributed by atoms with E-state index in [1.807, 2.05) is 12.1 Å². The fourth-order valence-corrected chi connectivity index (χ4v) is 3.44. The minimum absolute atomic E-state index is 0.0542. The molecule has 0 spiro atoms. The van der Waals surface area contributed by atoms with Gasteiger partial charge < -0.3 is 15.2 Å². The molecule has 12 heteroatoms. The van der Waals surface area contributed by atoms with Crippen molar-refractivity contribution in [1.82, 2.24) is 10.2 Å². The van der Waals surface area contributed by atoms with Crippen LogP contribution in [0.25, 0.3) is 0 Å². The molecule has 1 fully saturated rings. The summed E-state index contributed by atoms with van der Waals surface area (Å²) in [4.78, 5) is 23.4. The van der Waals surface area contributed by atoms with Gasteiger partial charge in [-0.2, -0.15) is 18.4 Å². The molecule has 1 unspecified atom stereocenters. The lowest BCUT2D eigenvalue weighted by Crippen LogP contribution is -2.47. The second kappa shape index (κ2) is 13.3. The van der Waals surface area contributed by atoms with Crippen LogP contribution in [0.2, 0.25) is 10.0 Å². The molecule has 1 heterocycles. The maximum absolute atomic E-state index is 12.2. The number of alkyl halides is 3. The van der Waals surface area contributed by atoms with Gasteiger partial charge in [0.05, 0.1) is 40.8 Å². The van der Waals surface area contributed by atoms with Crippen molar-refractivity contribution in [2.75, 3.05) is 26.2 Å². The Morgan fingerprint density at radius 3 is 2.34 bits per heavy atom. The number of halogens is 5. The average Bonchev–Trinajstić information content (AvgIpc) is 2.81. The molecule has 0 radical (unpaired) electrons. The van der Waals surface area contributed by atoms with Crippen molar-refractivity contribution in [2.45, 2.75) is 25.2 Å². The molecule has 2 N–H and O–H groups in total. The monoisotopic (exact) mass is 531 g/mol. The lowest BCUT2D eigenvalue weighted by atomic mass is 10.1. The Bertz CT molecular complexity index is 1060. The van der Waals surface area contributed by atoms with E-state index in [0.29, 0.717) is 28.8 Å². The van der Waals surface area contributed by atoms with E-state index in [1.54, 1.807) is 30.3 Å². The van der Waals surface area contributed by atoms with Crippen molar-refractivity contribution in [3.63, 3.8) is 0 Å². The van der Waals surface area contributed by atoms with E-state index in [-0.39, 0.29) is 18.4 Å². The number of hydrogen-bond donors (Lipinski definition) is 2. The number of carbonyl (C=O) groups is 2. The van der Waals surface area contributed by atoms with Crippen LogP contribution in [-0.2, 0) is 27.3 Å². The first kappa shape index (κ1) is 28.4.